The molecule has 0 spiro atoms. The third-order valence-electron chi connectivity index (χ3n) is 3.05. The monoisotopic (exact) mass is 217 g/mol. The average Bonchev–Trinajstić information content (AvgIpc) is 2.32. The predicted octanol–water partition coefficient (Wildman–Crippen LogP) is 1.37. The van der Waals surface area contributed by atoms with E-state index in [2.05, 4.69) is 41.1 Å². The van der Waals surface area contributed by atoms with Crippen LogP contribution in [0.25, 0.3) is 6.08 Å². The van der Waals surface area contributed by atoms with Gasteiger partial charge < -0.3 is 15.5 Å². The van der Waals surface area contributed by atoms with Gasteiger partial charge >= 0.3 is 0 Å². The van der Waals surface area contributed by atoms with Crippen LogP contribution in [0.4, 0.5) is 5.69 Å². The van der Waals surface area contributed by atoms with Crippen molar-refractivity contribution in [3.63, 3.8) is 0 Å². The molecule has 0 bridgehead atoms. The maximum Gasteiger partial charge on any atom is 0.0367 e. The Labute approximate surface area is 97.2 Å². The number of rotatable bonds is 2. The Balaban J connectivity index is 2.04. The fourth-order valence-electron chi connectivity index (χ4n) is 1.97. The van der Waals surface area contributed by atoms with Crippen molar-refractivity contribution < 1.29 is 0 Å². The minimum atomic E-state index is 1.11. The fraction of sp³-hybridized carbons (Fsp3) is 0.385. The molecule has 3 nitrogen and oxygen atoms in total. The van der Waals surface area contributed by atoms with Crippen molar-refractivity contribution in [2.24, 2.45) is 5.73 Å². The van der Waals surface area contributed by atoms with E-state index >= 15 is 0 Å². The van der Waals surface area contributed by atoms with Crippen molar-refractivity contribution in [2.45, 2.75) is 0 Å². The van der Waals surface area contributed by atoms with Crippen LogP contribution in [-0.2, 0) is 0 Å². The smallest absolute Gasteiger partial charge is 0.0367 e. The Hall–Kier alpha value is -1.48. The van der Waals surface area contributed by atoms with Crippen LogP contribution in [0, 0.1) is 0 Å². The van der Waals surface area contributed by atoms with Crippen LogP contribution in [0.1, 0.15) is 5.56 Å². The van der Waals surface area contributed by atoms with Crippen LogP contribution in [0.3, 0.4) is 0 Å². The first-order chi connectivity index (χ1) is 7.79. The minimum absolute atomic E-state index is 1.11. The zero-order valence-corrected chi connectivity index (χ0v) is 9.76. The van der Waals surface area contributed by atoms with E-state index in [1.807, 2.05) is 6.08 Å². The van der Waals surface area contributed by atoms with Crippen LogP contribution in [0.2, 0.25) is 0 Å². The molecule has 3 heteroatoms. The lowest BCUT2D eigenvalue weighted by molar-refractivity contribution is 0.313. The van der Waals surface area contributed by atoms with Crippen molar-refractivity contribution in [3.05, 3.63) is 36.0 Å². The molecule has 86 valence electrons. The second kappa shape index (κ2) is 5.03. The van der Waals surface area contributed by atoms with Gasteiger partial charge in [-0.15, -0.1) is 0 Å². The third-order valence-corrected chi connectivity index (χ3v) is 3.05. The average molecular weight is 217 g/mol. The number of hydrogen-bond donors (Lipinski definition) is 1. The number of piperazine rings is 1. The van der Waals surface area contributed by atoms with Crippen LogP contribution in [-0.4, -0.2) is 38.1 Å². The largest absolute Gasteiger partial charge is 0.405 e. The van der Waals surface area contributed by atoms with Crippen LogP contribution in [0.5, 0.6) is 0 Å². The number of benzene rings is 1. The van der Waals surface area contributed by atoms with Crippen LogP contribution < -0.4 is 10.6 Å². The lowest BCUT2D eigenvalue weighted by Crippen LogP contribution is -2.44. The molecule has 1 aromatic rings. The Morgan fingerprint density at radius 1 is 1.06 bits per heavy atom. The summed E-state index contributed by atoms with van der Waals surface area (Å²) in [6.07, 6.45) is 3.48. The molecule has 2 N–H and O–H groups in total. The highest BCUT2D eigenvalue weighted by Gasteiger charge is 2.13. The summed E-state index contributed by atoms with van der Waals surface area (Å²) in [6.45, 7) is 4.51. The molecule has 1 fully saturated rings. The molecule has 0 amide bonds. The van der Waals surface area contributed by atoms with E-state index in [1.165, 1.54) is 5.69 Å². The summed E-state index contributed by atoms with van der Waals surface area (Å²) in [5, 5.41) is 0. The van der Waals surface area contributed by atoms with Crippen LogP contribution in [0.15, 0.2) is 30.5 Å². The van der Waals surface area contributed by atoms with E-state index < -0.39 is 0 Å². The number of nitrogens with zero attached hydrogens (tertiary/aromatic N) is 2. The van der Waals surface area contributed by atoms with Gasteiger partial charge in [-0.3, -0.25) is 0 Å². The zero-order valence-electron chi connectivity index (χ0n) is 9.76. The summed E-state index contributed by atoms with van der Waals surface area (Å²) in [7, 11) is 2.17. The number of likely N-dealkylation sites (N-methyl/N-ethyl adjacent to an activating group) is 1. The highest BCUT2D eigenvalue weighted by Crippen LogP contribution is 2.17. The molecule has 1 aromatic carbocycles. The first-order valence-corrected chi connectivity index (χ1v) is 5.71. The molecule has 1 heterocycles. The van der Waals surface area contributed by atoms with Gasteiger partial charge in [0.1, 0.15) is 0 Å². The van der Waals surface area contributed by atoms with Crippen molar-refractivity contribution in [1.29, 1.82) is 0 Å². The fourth-order valence-corrected chi connectivity index (χ4v) is 1.97. The van der Waals surface area contributed by atoms with Crippen molar-refractivity contribution >= 4 is 11.8 Å². The van der Waals surface area contributed by atoms with E-state index in [-0.39, 0.29) is 0 Å². The molecular formula is C13H19N3. The van der Waals surface area contributed by atoms with Gasteiger partial charge in [0.2, 0.25) is 0 Å². The van der Waals surface area contributed by atoms with Gasteiger partial charge in [0.15, 0.2) is 0 Å². The molecule has 2 rings (SSSR count). The molecule has 1 saturated heterocycles. The topological polar surface area (TPSA) is 32.5 Å². The Bertz CT molecular complexity index is 348. The molecule has 0 radical (unpaired) electrons. The Morgan fingerprint density at radius 3 is 2.25 bits per heavy atom. The summed E-state index contributed by atoms with van der Waals surface area (Å²) >= 11 is 0. The molecule has 1 aliphatic rings. The first-order valence-electron chi connectivity index (χ1n) is 5.71. The van der Waals surface area contributed by atoms with Crippen molar-refractivity contribution in [1.82, 2.24) is 4.90 Å². The third kappa shape index (κ3) is 2.55. The molecule has 0 unspecified atom stereocenters. The molecule has 0 saturated carbocycles. The standard InChI is InChI=1S/C13H19N3/c1-15-8-10-16(11-9-15)13-4-2-12(3-5-13)6-7-14/h2-7H,8-11,14H2,1H3/b7-6+. The van der Waals surface area contributed by atoms with Gasteiger partial charge in [-0.1, -0.05) is 12.1 Å². The summed E-state index contributed by atoms with van der Waals surface area (Å²) in [6, 6.07) is 8.55. The van der Waals surface area contributed by atoms with E-state index in [4.69, 9.17) is 5.73 Å². The van der Waals surface area contributed by atoms with E-state index in [1.54, 1.807) is 6.20 Å². The molecule has 0 aliphatic carbocycles. The molecule has 16 heavy (non-hydrogen) atoms. The second-order valence-corrected chi connectivity index (χ2v) is 4.24. The minimum Gasteiger partial charge on any atom is -0.405 e. The lowest BCUT2D eigenvalue weighted by Gasteiger charge is -2.34. The quantitative estimate of drug-likeness (QED) is 0.812. The van der Waals surface area contributed by atoms with Gasteiger partial charge in [-0.2, -0.15) is 0 Å². The number of nitrogens with two attached hydrogens (primary N) is 1. The van der Waals surface area contributed by atoms with E-state index in [0.29, 0.717) is 0 Å². The van der Waals surface area contributed by atoms with E-state index in [0.717, 1.165) is 31.7 Å². The van der Waals surface area contributed by atoms with Crippen molar-refractivity contribution in [3.8, 4) is 0 Å². The highest BCUT2D eigenvalue weighted by atomic mass is 15.2. The Kier molecular flexibility index (Phi) is 3.47. The molecular weight excluding hydrogens is 198 g/mol. The van der Waals surface area contributed by atoms with Gasteiger partial charge in [0.25, 0.3) is 0 Å². The van der Waals surface area contributed by atoms with Gasteiger partial charge in [-0.25, -0.2) is 0 Å². The van der Waals surface area contributed by atoms with Gasteiger partial charge in [0, 0.05) is 31.9 Å². The molecule has 0 aromatic heterocycles. The SMILES string of the molecule is CN1CCN(c2ccc(/C=C/N)cc2)CC1. The highest BCUT2D eigenvalue weighted by molar-refractivity contribution is 5.55. The second-order valence-electron chi connectivity index (χ2n) is 4.24. The maximum atomic E-state index is 5.36. The number of hydrogen-bond acceptors (Lipinski definition) is 3. The molecule has 0 atom stereocenters. The lowest BCUT2D eigenvalue weighted by atomic mass is 10.2. The zero-order chi connectivity index (χ0) is 11.4. The van der Waals surface area contributed by atoms with Gasteiger partial charge in [-0.05, 0) is 37.0 Å². The summed E-state index contributed by atoms with van der Waals surface area (Å²) in [5.41, 5.74) is 7.82. The first kappa shape index (κ1) is 11.0. The van der Waals surface area contributed by atoms with E-state index in [9.17, 15) is 0 Å². The summed E-state index contributed by atoms with van der Waals surface area (Å²) in [4.78, 5) is 4.79. The normalized spacial score (nSPS) is 18.2. The predicted molar refractivity (Wildman–Crippen MR) is 69.4 cm³/mol. The summed E-state index contributed by atoms with van der Waals surface area (Å²) < 4.78 is 0. The van der Waals surface area contributed by atoms with Crippen LogP contribution >= 0.6 is 0 Å². The number of anilines is 1. The maximum absolute atomic E-state index is 5.36. The molecule has 1 aliphatic heterocycles. The van der Waals surface area contributed by atoms with Crippen molar-refractivity contribution in [2.75, 3.05) is 38.1 Å². The summed E-state index contributed by atoms with van der Waals surface area (Å²) in [5.74, 6) is 0. The van der Waals surface area contributed by atoms with Gasteiger partial charge in [0.05, 0.1) is 0 Å². The Morgan fingerprint density at radius 2 is 1.69 bits per heavy atom.